The number of benzene rings is 3. The van der Waals surface area contributed by atoms with Crippen LogP contribution < -0.4 is 0 Å². The summed E-state index contributed by atoms with van der Waals surface area (Å²) in [6, 6.07) is 25.0. The summed E-state index contributed by atoms with van der Waals surface area (Å²) in [5.41, 5.74) is 5.69. The van der Waals surface area contributed by atoms with Crippen molar-refractivity contribution < 1.29 is 20.4 Å². The molecule has 1 unspecified atom stereocenters. The zero-order valence-corrected chi connectivity index (χ0v) is 24.5. The molecule has 0 aliphatic carbocycles. The van der Waals surface area contributed by atoms with E-state index in [2.05, 4.69) is 18.7 Å². The molecule has 4 heteroatoms. The molecule has 4 N–H and O–H groups in total. The minimum absolute atomic E-state index is 0.0692. The van der Waals surface area contributed by atoms with E-state index < -0.39 is 5.92 Å². The summed E-state index contributed by atoms with van der Waals surface area (Å²) >= 11 is 0. The van der Waals surface area contributed by atoms with Gasteiger partial charge in [0.25, 0.3) is 0 Å². The summed E-state index contributed by atoms with van der Waals surface area (Å²) in [7, 11) is 0. The summed E-state index contributed by atoms with van der Waals surface area (Å²) in [4.78, 5) is 0. The van der Waals surface area contributed by atoms with Crippen molar-refractivity contribution in [2.75, 3.05) is 0 Å². The maximum Gasteiger partial charge on any atom is 0.115 e. The Morgan fingerprint density at radius 3 is 1.90 bits per heavy atom. The van der Waals surface area contributed by atoms with Crippen LogP contribution in [0, 0.1) is 0 Å². The van der Waals surface area contributed by atoms with Crippen molar-refractivity contribution in [2.24, 2.45) is 0 Å². The first-order valence-electron chi connectivity index (χ1n) is 14.1. The van der Waals surface area contributed by atoms with Crippen LogP contribution in [0.3, 0.4) is 0 Å². The van der Waals surface area contributed by atoms with Gasteiger partial charge in [-0.1, -0.05) is 85.5 Å². The molecule has 3 aromatic rings. The topological polar surface area (TPSA) is 80.9 Å². The molecular formula is C38H40O4. The van der Waals surface area contributed by atoms with Crippen molar-refractivity contribution in [3.63, 3.8) is 0 Å². The molecule has 0 amide bonds. The van der Waals surface area contributed by atoms with Crippen molar-refractivity contribution in [3.8, 4) is 16.9 Å². The number of phenolic OH excluding ortho intramolecular Hbond substituents is 1. The normalized spacial score (nSPS) is 14.3. The number of aliphatic hydroxyl groups is 3. The number of phenols is 1. The van der Waals surface area contributed by atoms with Crippen LogP contribution in [0.5, 0.6) is 5.75 Å². The predicted molar refractivity (Wildman–Crippen MR) is 175 cm³/mol. The van der Waals surface area contributed by atoms with E-state index in [0.717, 1.165) is 22.3 Å². The fraction of sp³-hybridized carbons (Fsp3) is 0.158. The molecule has 0 bridgehead atoms. The van der Waals surface area contributed by atoms with Gasteiger partial charge in [-0.3, -0.25) is 0 Å². The molecule has 3 rings (SSSR count). The molecule has 0 saturated carbocycles. The maximum atomic E-state index is 11.3. The van der Waals surface area contributed by atoms with Gasteiger partial charge in [-0.2, -0.15) is 0 Å². The Bertz CT molecular complexity index is 1510. The van der Waals surface area contributed by atoms with Gasteiger partial charge < -0.3 is 20.4 Å². The lowest BCUT2D eigenvalue weighted by atomic mass is 9.80. The lowest BCUT2D eigenvalue weighted by Gasteiger charge is -2.25. The van der Waals surface area contributed by atoms with Crippen LogP contribution in [0.25, 0.3) is 16.7 Å². The number of allylic oxidation sites excluding steroid dienone is 10. The standard InChI is InChI=1S/C38H40O4/c1-5-32(39)16-12-9-13-17-34(36(41)6-2)38(31-20-18-30(19-21-31)29-14-10-8-11-15-29)35(37(42)7-3)26-27(4)28-22-24-33(40)25-23-28/h5-8,10-12,14-26,38-42H,4,9,13H2,1-3H3/b16-12-,32-5+,34-17+,35-26+,36-6+,37-7+. The molecule has 0 saturated heterocycles. The SMILES string of the molecule is C=C(/C=C(\C(O)=C/C)C(C(=C/CC/C=C\C(O)=C/C)/C(O)=C\C)c1ccc(-c2ccccc2)cc1)c1ccc(O)cc1. The smallest absolute Gasteiger partial charge is 0.115 e. The van der Waals surface area contributed by atoms with Crippen molar-refractivity contribution in [2.45, 2.75) is 39.5 Å². The Balaban J connectivity index is 2.18. The zero-order valence-electron chi connectivity index (χ0n) is 24.5. The van der Waals surface area contributed by atoms with E-state index in [9.17, 15) is 20.4 Å². The number of rotatable bonds is 12. The molecule has 3 aromatic carbocycles. The first kappa shape index (κ1) is 31.6. The largest absolute Gasteiger partial charge is 0.508 e. The molecule has 1 atom stereocenters. The molecule has 0 aromatic heterocycles. The van der Waals surface area contributed by atoms with Gasteiger partial charge in [0.2, 0.25) is 0 Å². The van der Waals surface area contributed by atoms with Gasteiger partial charge in [0.05, 0.1) is 0 Å². The molecule has 0 spiro atoms. The Kier molecular flexibility index (Phi) is 11.8. The molecule has 0 aliphatic rings. The highest BCUT2D eigenvalue weighted by atomic mass is 16.3. The van der Waals surface area contributed by atoms with E-state index in [0.29, 0.717) is 29.6 Å². The Morgan fingerprint density at radius 1 is 0.714 bits per heavy atom. The Morgan fingerprint density at radius 2 is 1.31 bits per heavy atom. The van der Waals surface area contributed by atoms with Crippen LogP contribution in [0.2, 0.25) is 0 Å². The molecule has 4 nitrogen and oxygen atoms in total. The fourth-order valence-corrected chi connectivity index (χ4v) is 4.62. The molecule has 216 valence electrons. The number of unbranched alkanes of at least 4 members (excludes halogenated alkanes) is 1. The van der Waals surface area contributed by atoms with E-state index in [1.807, 2.05) is 60.7 Å². The van der Waals surface area contributed by atoms with Crippen molar-refractivity contribution in [1.82, 2.24) is 0 Å². The minimum Gasteiger partial charge on any atom is -0.508 e. The summed E-state index contributed by atoms with van der Waals surface area (Å²) in [6.07, 6.45) is 13.5. The first-order valence-corrected chi connectivity index (χ1v) is 14.1. The van der Waals surface area contributed by atoms with E-state index in [4.69, 9.17) is 0 Å². The van der Waals surface area contributed by atoms with E-state index in [1.54, 1.807) is 69.3 Å². The number of aromatic hydroxyl groups is 1. The highest BCUT2D eigenvalue weighted by Crippen LogP contribution is 2.40. The van der Waals surface area contributed by atoms with Gasteiger partial charge >= 0.3 is 0 Å². The van der Waals surface area contributed by atoms with Gasteiger partial charge in [0, 0.05) is 17.1 Å². The van der Waals surface area contributed by atoms with Crippen molar-refractivity contribution >= 4 is 5.57 Å². The fourth-order valence-electron chi connectivity index (χ4n) is 4.62. The quantitative estimate of drug-likeness (QED) is 0.101. The zero-order chi connectivity index (χ0) is 30.5. The van der Waals surface area contributed by atoms with Crippen LogP contribution in [-0.2, 0) is 0 Å². The predicted octanol–water partition coefficient (Wildman–Crippen LogP) is 10.4. The monoisotopic (exact) mass is 560 g/mol. The van der Waals surface area contributed by atoms with Gasteiger partial charge in [-0.25, -0.2) is 0 Å². The minimum atomic E-state index is -0.524. The second-order valence-corrected chi connectivity index (χ2v) is 9.79. The first-order chi connectivity index (χ1) is 20.3. The second-order valence-electron chi connectivity index (χ2n) is 9.79. The molecule has 0 aliphatic heterocycles. The van der Waals surface area contributed by atoms with Crippen LogP contribution in [0.4, 0.5) is 0 Å². The second kappa shape index (κ2) is 15.7. The van der Waals surface area contributed by atoms with Gasteiger partial charge in [-0.05, 0) is 104 Å². The molecule has 0 radical (unpaired) electrons. The van der Waals surface area contributed by atoms with Gasteiger partial charge in [-0.15, -0.1) is 0 Å². The van der Waals surface area contributed by atoms with Gasteiger partial charge in [0.15, 0.2) is 0 Å². The molecule has 42 heavy (non-hydrogen) atoms. The third-order valence-corrected chi connectivity index (χ3v) is 6.96. The van der Waals surface area contributed by atoms with E-state index >= 15 is 0 Å². The molecular weight excluding hydrogens is 520 g/mol. The van der Waals surface area contributed by atoms with Crippen LogP contribution in [0.15, 0.2) is 156 Å². The third kappa shape index (κ3) is 8.52. The maximum absolute atomic E-state index is 11.3. The average Bonchev–Trinajstić information content (AvgIpc) is 3.03. The summed E-state index contributed by atoms with van der Waals surface area (Å²) in [5, 5.41) is 41.9. The van der Waals surface area contributed by atoms with E-state index in [-0.39, 0.29) is 23.0 Å². The van der Waals surface area contributed by atoms with Crippen molar-refractivity contribution in [3.05, 3.63) is 168 Å². The Hall–Kier alpha value is -4.96. The number of hydrogen-bond donors (Lipinski definition) is 4. The lowest BCUT2D eigenvalue weighted by Crippen LogP contribution is -2.11. The highest BCUT2D eigenvalue weighted by molar-refractivity contribution is 5.75. The highest BCUT2D eigenvalue weighted by Gasteiger charge is 2.26. The molecule has 0 heterocycles. The van der Waals surface area contributed by atoms with Gasteiger partial charge in [0.1, 0.15) is 23.0 Å². The summed E-state index contributed by atoms with van der Waals surface area (Å²) < 4.78 is 0. The Labute approximate surface area is 249 Å². The third-order valence-electron chi connectivity index (χ3n) is 6.96. The van der Waals surface area contributed by atoms with E-state index in [1.165, 1.54) is 0 Å². The lowest BCUT2D eigenvalue weighted by molar-refractivity contribution is 0.402. The van der Waals surface area contributed by atoms with Crippen molar-refractivity contribution in [1.29, 1.82) is 0 Å². The van der Waals surface area contributed by atoms with Crippen LogP contribution >= 0.6 is 0 Å². The average molecular weight is 561 g/mol. The van der Waals surface area contributed by atoms with Crippen LogP contribution in [0.1, 0.15) is 50.7 Å². The summed E-state index contributed by atoms with van der Waals surface area (Å²) in [6.45, 7) is 9.55. The number of hydrogen-bond acceptors (Lipinski definition) is 4. The summed E-state index contributed by atoms with van der Waals surface area (Å²) in [5.74, 6) is 0.00699. The van der Waals surface area contributed by atoms with Crippen LogP contribution in [-0.4, -0.2) is 20.4 Å². The number of aliphatic hydroxyl groups excluding tert-OH is 3. The molecule has 0 fully saturated rings.